The monoisotopic (exact) mass is 374 g/mol. The van der Waals surface area contributed by atoms with Gasteiger partial charge in [-0.1, -0.05) is 18.1 Å². The van der Waals surface area contributed by atoms with Crippen molar-refractivity contribution >= 4 is 11.9 Å². The van der Waals surface area contributed by atoms with Crippen molar-refractivity contribution in [3.8, 4) is 11.5 Å². The molecular weight excluding hydrogens is 348 g/mol. The predicted octanol–water partition coefficient (Wildman–Crippen LogP) is 3.46. The van der Waals surface area contributed by atoms with Crippen LogP contribution in [0.2, 0.25) is 0 Å². The smallest absolute Gasteiger partial charge is 0.342 e. The van der Waals surface area contributed by atoms with E-state index in [9.17, 15) is 14.7 Å². The Morgan fingerprint density at radius 2 is 2.00 bits per heavy atom. The van der Waals surface area contributed by atoms with Gasteiger partial charge in [0, 0.05) is 11.1 Å². The Morgan fingerprint density at radius 1 is 1.30 bits per heavy atom. The summed E-state index contributed by atoms with van der Waals surface area (Å²) in [4.78, 5) is 24.0. The number of esters is 2. The molecule has 1 saturated carbocycles. The summed E-state index contributed by atoms with van der Waals surface area (Å²) in [5.41, 5.74) is 3.39. The van der Waals surface area contributed by atoms with Crippen molar-refractivity contribution in [1.29, 1.82) is 0 Å². The molecular formula is C21H26O6. The van der Waals surface area contributed by atoms with E-state index >= 15 is 0 Å². The zero-order valence-corrected chi connectivity index (χ0v) is 16.3. The lowest BCUT2D eigenvalue weighted by Crippen LogP contribution is -2.21. The molecule has 27 heavy (non-hydrogen) atoms. The van der Waals surface area contributed by atoms with E-state index in [0.717, 1.165) is 30.4 Å². The molecule has 1 heterocycles. The van der Waals surface area contributed by atoms with Crippen LogP contribution in [0.25, 0.3) is 0 Å². The van der Waals surface area contributed by atoms with Gasteiger partial charge in [0.15, 0.2) is 0 Å². The number of carbonyl (C=O) groups excluding carboxylic acids is 2. The fourth-order valence-corrected chi connectivity index (χ4v) is 4.38. The van der Waals surface area contributed by atoms with Crippen LogP contribution < -0.4 is 4.74 Å². The highest BCUT2D eigenvalue weighted by atomic mass is 16.5. The molecule has 0 bridgehead atoms. The lowest BCUT2D eigenvalue weighted by atomic mass is 9.88. The van der Waals surface area contributed by atoms with Crippen LogP contribution in [0.1, 0.15) is 53.2 Å². The Bertz CT molecular complexity index is 808. The van der Waals surface area contributed by atoms with Crippen molar-refractivity contribution in [3.63, 3.8) is 0 Å². The topological polar surface area (TPSA) is 82.1 Å². The first-order valence-corrected chi connectivity index (χ1v) is 9.23. The fraction of sp³-hybridized carbons (Fsp3) is 0.524. The minimum absolute atomic E-state index is 0.0741. The van der Waals surface area contributed by atoms with Gasteiger partial charge in [-0.3, -0.25) is 4.79 Å². The summed E-state index contributed by atoms with van der Waals surface area (Å²) in [6.45, 7) is 4.02. The second-order valence-electron chi connectivity index (χ2n) is 7.23. The minimum Gasteiger partial charge on any atom is -0.507 e. The Labute approximate surface area is 159 Å². The van der Waals surface area contributed by atoms with Gasteiger partial charge in [0.05, 0.1) is 20.1 Å². The molecule has 0 spiro atoms. The molecule has 1 aliphatic heterocycles. The fourth-order valence-electron chi connectivity index (χ4n) is 4.38. The van der Waals surface area contributed by atoms with E-state index in [1.54, 1.807) is 7.11 Å². The molecule has 2 aliphatic rings. The SMILES string of the molecule is COC(=O)C1CCCC1/C(C)=C/Cc1c(O)c2c(c(C)c1OC)COC2=O. The van der Waals surface area contributed by atoms with Gasteiger partial charge in [0.2, 0.25) is 0 Å². The van der Waals surface area contributed by atoms with Crippen LogP contribution in [0.4, 0.5) is 0 Å². The maximum atomic E-state index is 12.0. The molecule has 6 nitrogen and oxygen atoms in total. The number of hydrogen-bond donors (Lipinski definition) is 1. The molecule has 2 unspecified atom stereocenters. The second-order valence-corrected chi connectivity index (χ2v) is 7.23. The Balaban J connectivity index is 1.93. The third-order valence-corrected chi connectivity index (χ3v) is 5.88. The standard InChI is InChI=1S/C21H26O6/c1-11(13-6-5-7-14(13)20(23)26-4)8-9-15-18(22)17-16(10-27-21(17)24)12(2)19(15)25-3/h8,13-14,22H,5-7,9-10H2,1-4H3/b11-8+. The molecule has 1 aromatic rings. The Morgan fingerprint density at radius 3 is 2.67 bits per heavy atom. The number of allylic oxidation sites excluding steroid dienone is 2. The van der Waals surface area contributed by atoms with E-state index in [1.165, 1.54) is 7.11 Å². The van der Waals surface area contributed by atoms with Gasteiger partial charge in [-0.2, -0.15) is 0 Å². The van der Waals surface area contributed by atoms with Gasteiger partial charge in [-0.15, -0.1) is 0 Å². The normalized spacial score (nSPS) is 21.8. The third kappa shape index (κ3) is 3.29. The van der Waals surface area contributed by atoms with Gasteiger partial charge in [-0.25, -0.2) is 4.79 Å². The quantitative estimate of drug-likeness (QED) is 0.628. The molecule has 0 radical (unpaired) electrons. The number of aromatic hydroxyl groups is 1. The van der Waals surface area contributed by atoms with Crippen LogP contribution in [0, 0.1) is 18.8 Å². The average Bonchev–Trinajstić information content (AvgIpc) is 3.29. The van der Waals surface area contributed by atoms with Gasteiger partial charge in [0.1, 0.15) is 23.7 Å². The number of carbonyl (C=O) groups is 2. The molecule has 3 rings (SSSR count). The summed E-state index contributed by atoms with van der Waals surface area (Å²) in [5, 5.41) is 10.7. The lowest BCUT2D eigenvalue weighted by molar-refractivity contribution is -0.146. The van der Waals surface area contributed by atoms with Crippen LogP contribution in [0.15, 0.2) is 11.6 Å². The van der Waals surface area contributed by atoms with Crippen molar-refractivity contribution in [2.24, 2.45) is 11.8 Å². The molecule has 0 saturated heterocycles. The first kappa shape index (κ1) is 19.3. The number of ether oxygens (including phenoxy) is 3. The van der Waals surface area contributed by atoms with Crippen molar-refractivity contribution < 1.29 is 28.9 Å². The maximum Gasteiger partial charge on any atom is 0.342 e. The number of cyclic esters (lactones) is 1. The summed E-state index contributed by atoms with van der Waals surface area (Å²) < 4.78 is 15.5. The maximum absolute atomic E-state index is 12.0. The van der Waals surface area contributed by atoms with Gasteiger partial charge in [-0.05, 0) is 44.6 Å². The highest BCUT2D eigenvalue weighted by Gasteiger charge is 2.35. The third-order valence-electron chi connectivity index (χ3n) is 5.88. The summed E-state index contributed by atoms with van der Waals surface area (Å²) in [7, 11) is 2.97. The first-order valence-electron chi connectivity index (χ1n) is 9.23. The van der Waals surface area contributed by atoms with Crippen molar-refractivity contribution in [2.75, 3.05) is 14.2 Å². The van der Waals surface area contributed by atoms with Gasteiger partial charge in [0.25, 0.3) is 0 Å². The number of rotatable bonds is 5. The Kier molecular flexibility index (Phi) is 5.44. The molecule has 6 heteroatoms. The van der Waals surface area contributed by atoms with E-state index in [0.29, 0.717) is 23.3 Å². The molecule has 1 aromatic carbocycles. The summed E-state index contributed by atoms with van der Waals surface area (Å²) in [6, 6.07) is 0. The zero-order chi connectivity index (χ0) is 19.7. The van der Waals surface area contributed by atoms with E-state index in [1.807, 2.05) is 19.9 Å². The van der Waals surface area contributed by atoms with Crippen molar-refractivity contribution in [3.05, 3.63) is 33.9 Å². The molecule has 1 fully saturated rings. The van der Waals surface area contributed by atoms with Gasteiger partial charge < -0.3 is 19.3 Å². The summed E-state index contributed by atoms with van der Waals surface area (Å²) in [5.74, 6) is -0.136. The first-order chi connectivity index (χ1) is 12.9. The molecule has 0 aromatic heterocycles. The van der Waals surface area contributed by atoms with Crippen molar-refractivity contribution in [2.45, 2.75) is 46.1 Å². The second kappa shape index (κ2) is 7.62. The van der Waals surface area contributed by atoms with E-state index in [-0.39, 0.29) is 35.7 Å². The molecule has 0 amide bonds. The highest BCUT2D eigenvalue weighted by molar-refractivity contribution is 5.98. The van der Waals surface area contributed by atoms with E-state index in [2.05, 4.69) is 0 Å². The zero-order valence-electron chi connectivity index (χ0n) is 16.3. The van der Waals surface area contributed by atoms with Crippen LogP contribution in [-0.2, 0) is 27.3 Å². The number of phenols is 1. The van der Waals surface area contributed by atoms with Crippen LogP contribution in [0.5, 0.6) is 11.5 Å². The van der Waals surface area contributed by atoms with Crippen molar-refractivity contribution in [1.82, 2.24) is 0 Å². The lowest BCUT2D eigenvalue weighted by Gasteiger charge is -2.19. The number of hydrogen-bond acceptors (Lipinski definition) is 6. The average molecular weight is 374 g/mol. The number of phenolic OH excluding ortho intramolecular Hbond substituents is 1. The molecule has 2 atom stereocenters. The van der Waals surface area contributed by atoms with Crippen LogP contribution in [-0.4, -0.2) is 31.3 Å². The van der Waals surface area contributed by atoms with E-state index in [4.69, 9.17) is 14.2 Å². The molecule has 1 N–H and O–H groups in total. The predicted molar refractivity (Wildman–Crippen MR) is 98.8 cm³/mol. The van der Waals surface area contributed by atoms with Crippen LogP contribution in [0.3, 0.4) is 0 Å². The van der Waals surface area contributed by atoms with Crippen LogP contribution >= 0.6 is 0 Å². The summed E-state index contributed by atoms with van der Waals surface area (Å²) in [6.07, 6.45) is 5.19. The largest absolute Gasteiger partial charge is 0.507 e. The Hall–Kier alpha value is -2.50. The number of benzene rings is 1. The minimum atomic E-state index is -0.503. The summed E-state index contributed by atoms with van der Waals surface area (Å²) >= 11 is 0. The molecule has 146 valence electrons. The highest BCUT2D eigenvalue weighted by Crippen LogP contribution is 2.43. The van der Waals surface area contributed by atoms with Gasteiger partial charge >= 0.3 is 11.9 Å². The van der Waals surface area contributed by atoms with E-state index < -0.39 is 5.97 Å². The number of methoxy groups -OCH3 is 2. The number of fused-ring (bicyclic) bond motifs is 1. The molecule has 1 aliphatic carbocycles.